The topological polar surface area (TPSA) is 29.1 Å². The molecule has 17 heavy (non-hydrogen) atoms. The van der Waals surface area contributed by atoms with Crippen LogP contribution in [-0.4, -0.2) is 5.91 Å². The molecule has 0 atom stereocenters. The van der Waals surface area contributed by atoms with Crippen molar-refractivity contribution in [2.75, 3.05) is 0 Å². The molecule has 5 heteroatoms. The molecule has 0 saturated carbocycles. The van der Waals surface area contributed by atoms with Crippen LogP contribution in [0.3, 0.4) is 0 Å². The van der Waals surface area contributed by atoms with E-state index in [1.54, 1.807) is 13.0 Å². The normalized spacial score (nSPS) is 12.4. The number of allylic oxidation sites excluding steroid dienone is 1. The highest BCUT2D eigenvalue weighted by Crippen LogP contribution is 2.29. The Morgan fingerprint density at radius 3 is 2.47 bits per heavy atom. The van der Waals surface area contributed by atoms with Crippen molar-refractivity contribution >= 4 is 12.0 Å². The molecule has 0 aliphatic rings. The van der Waals surface area contributed by atoms with Crippen molar-refractivity contribution in [3.63, 3.8) is 0 Å². The third-order valence-electron chi connectivity index (χ3n) is 1.97. The Kier molecular flexibility index (Phi) is 3.93. The fourth-order valence-electron chi connectivity index (χ4n) is 1.37. The molecule has 1 N–H and O–H groups in total. The largest absolute Gasteiger partial charge is 0.416 e. The number of halogens is 3. The van der Waals surface area contributed by atoms with Crippen molar-refractivity contribution in [1.82, 2.24) is 5.32 Å². The molecule has 0 aliphatic heterocycles. The number of amides is 1. The molecule has 0 spiro atoms. The van der Waals surface area contributed by atoms with Gasteiger partial charge in [0.1, 0.15) is 0 Å². The van der Waals surface area contributed by atoms with Crippen LogP contribution in [0.1, 0.15) is 25.0 Å². The standard InChI is InChI=1S/C12H12F3NO/c1-8(16-9(2)17)6-10-4-3-5-11(7-10)12(13,14)15/h3-7H,1-2H3,(H,16,17)/b8-6+. The Hall–Kier alpha value is -1.78. The molecule has 1 aromatic rings. The van der Waals surface area contributed by atoms with Crippen LogP contribution in [0.15, 0.2) is 30.0 Å². The average Bonchev–Trinajstić information content (AvgIpc) is 2.15. The fourth-order valence-corrected chi connectivity index (χ4v) is 1.37. The van der Waals surface area contributed by atoms with Crippen LogP contribution in [0, 0.1) is 0 Å². The predicted molar refractivity (Wildman–Crippen MR) is 58.9 cm³/mol. The van der Waals surface area contributed by atoms with Crippen LogP contribution in [0.4, 0.5) is 13.2 Å². The van der Waals surface area contributed by atoms with Gasteiger partial charge in [0.25, 0.3) is 0 Å². The first-order valence-corrected chi connectivity index (χ1v) is 4.92. The first-order valence-electron chi connectivity index (χ1n) is 4.92. The molecule has 0 aliphatic carbocycles. The van der Waals surface area contributed by atoms with E-state index >= 15 is 0 Å². The molecule has 0 fully saturated rings. The van der Waals surface area contributed by atoms with E-state index in [0.29, 0.717) is 11.3 Å². The lowest BCUT2D eigenvalue weighted by molar-refractivity contribution is -0.137. The first-order chi connectivity index (χ1) is 7.79. The Morgan fingerprint density at radius 2 is 1.94 bits per heavy atom. The molecule has 0 bridgehead atoms. The summed E-state index contributed by atoms with van der Waals surface area (Å²) in [6, 6.07) is 4.91. The highest BCUT2D eigenvalue weighted by atomic mass is 19.4. The highest BCUT2D eigenvalue weighted by Gasteiger charge is 2.30. The maximum atomic E-state index is 12.4. The van der Waals surface area contributed by atoms with Gasteiger partial charge in [-0.05, 0) is 30.7 Å². The summed E-state index contributed by atoms with van der Waals surface area (Å²) >= 11 is 0. The van der Waals surface area contributed by atoms with Crippen molar-refractivity contribution in [2.24, 2.45) is 0 Å². The Bertz CT molecular complexity index is 449. The maximum absolute atomic E-state index is 12.4. The number of benzene rings is 1. The Balaban J connectivity index is 2.97. The number of hydrogen-bond donors (Lipinski definition) is 1. The van der Waals surface area contributed by atoms with Crippen molar-refractivity contribution in [3.8, 4) is 0 Å². The Morgan fingerprint density at radius 1 is 1.29 bits per heavy atom. The van der Waals surface area contributed by atoms with Gasteiger partial charge < -0.3 is 5.32 Å². The van der Waals surface area contributed by atoms with Crippen LogP contribution in [-0.2, 0) is 11.0 Å². The number of carbonyl (C=O) groups is 1. The second kappa shape index (κ2) is 5.03. The van der Waals surface area contributed by atoms with Gasteiger partial charge in [0.15, 0.2) is 0 Å². The summed E-state index contributed by atoms with van der Waals surface area (Å²) in [6.07, 6.45) is -2.87. The SMILES string of the molecule is CC(=O)N/C(C)=C/c1cccc(C(F)(F)F)c1. The van der Waals surface area contributed by atoms with E-state index in [2.05, 4.69) is 5.32 Å². The second-order valence-corrected chi connectivity index (χ2v) is 3.63. The second-order valence-electron chi connectivity index (χ2n) is 3.63. The monoisotopic (exact) mass is 243 g/mol. The Labute approximate surface area is 97.1 Å². The van der Waals surface area contributed by atoms with Crippen LogP contribution in [0.5, 0.6) is 0 Å². The summed E-state index contributed by atoms with van der Waals surface area (Å²) in [6.45, 7) is 2.95. The van der Waals surface area contributed by atoms with Crippen LogP contribution < -0.4 is 5.32 Å². The lowest BCUT2D eigenvalue weighted by atomic mass is 10.1. The van der Waals surface area contributed by atoms with Gasteiger partial charge in [0.2, 0.25) is 5.91 Å². The molecular formula is C12H12F3NO. The van der Waals surface area contributed by atoms with Gasteiger partial charge in [-0.3, -0.25) is 4.79 Å². The van der Waals surface area contributed by atoms with Crippen molar-refractivity contribution in [2.45, 2.75) is 20.0 Å². The van der Waals surface area contributed by atoms with Crippen LogP contribution >= 0.6 is 0 Å². The molecule has 1 aromatic carbocycles. The summed E-state index contributed by atoms with van der Waals surface area (Å²) < 4.78 is 37.3. The number of hydrogen-bond acceptors (Lipinski definition) is 1. The smallest absolute Gasteiger partial charge is 0.330 e. The quantitative estimate of drug-likeness (QED) is 0.849. The third kappa shape index (κ3) is 4.30. The molecule has 0 heterocycles. The van der Waals surface area contributed by atoms with Gasteiger partial charge in [-0.15, -0.1) is 0 Å². The molecule has 2 nitrogen and oxygen atoms in total. The summed E-state index contributed by atoms with van der Waals surface area (Å²) in [5.74, 6) is -0.259. The zero-order valence-corrected chi connectivity index (χ0v) is 9.43. The van der Waals surface area contributed by atoms with Gasteiger partial charge in [0.05, 0.1) is 5.56 Å². The summed E-state index contributed by atoms with van der Waals surface area (Å²) in [5, 5.41) is 2.49. The van der Waals surface area contributed by atoms with Gasteiger partial charge in [0, 0.05) is 12.6 Å². The van der Waals surface area contributed by atoms with E-state index in [4.69, 9.17) is 0 Å². The van der Waals surface area contributed by atoms with E-state index in [-0.39, 0.29) is 5.91 Å². The lowest BCUT2D eigenvalue weighted by Gasteiger charge is -2.07. The van der Waals surface area contributed by atoms with E-state index in [1.165, 1.54) is 19.1 Å². The minimum atomic E-state index is -4.36. The summed E-state index contributed by atoms with van der Waals surface area (Å²) in [7, 11) is 0. The van der Waals surface area contributed by atoms with E-state index in [1.807, 2.05) is 0 Å². The van der Waals surface area contributed by atoms with E-state index in [0.717, 1.165) is 12.1 Å². The average molecular weight is 243 g/mol. The molecule has 1 amide bonds. The fraction of sp³-hybridized carbons (Fsp3) is 0.250. The van der Waals surface area contributed by atoms with Crippen molar-refractivity contribution in [3.05, 3.63) is 41.1 Å². The molecule has 1 rings (SSSR count). The minimum Gasteiger partial charge on any atom is -0.330 e. The molecule has 0 saturated heterocycles. The maximum Gasteiger partial charge on any atom is 0.416 e. The zero-order valence-electron chi connectivity index (χ0n) is 9.43. The molecule has 0 aromatic heterocycles. The first kappa shape index (κ1) is 13.3. The molecular weight excluding hydrogens is 231 g/mol. The number of alkyl halides is 3. The van der Waals surface area contributed by atoms with Crippen LogP contribution in [0.2, 0.25) is 0 Å². The van der Waals surface area contributed by atoms with E-state index < -0.39 is 11.7 Å². The summed E-state index contributed by atoms with van der Waals surface area (Å²) in [4.78, 5) is 10.7. The number of carbonyl (C=O) groups excluding carboxylic acids is 1. The van der Waals surface area contributed by atoms with Crippen LogP contribution in [0.25, 0.3) is 6.08 Å². The lowest BCUT2D eigenvalue weighted by Crippen LogP contribution is -2.16. The molecule has 92 valence electrons. The molecule has 0 unspecified atom stereocenters. The highest BCUT2D eigenvalue weighted by molar-refractivity contribution is 5.76. The third-order valence-corrected chi connectivity index (χ3v) is 1.97. The van der Waals surface area contributed by atoms with Gasteiger partial charge in [-0.25, -0.2) is 0 Å². The van der Waals surface area contributed by atoms with E-state index in [9.17, 15) is 18.0 Å². The van der Waals surface area contributed by atoms with Gasteiger partial charge >= 0.3 is 6.18 Å². The van der Waals surface area contributed by atoms with Gasteiger partial charge in [-0.1, -0.05) is 12.1 Å². The number of nitrogens with one attached hydrogen (secondary N) is 1. The zero-order chi connectivity index (χ0) is 13.1. The van der Waals surface area contributed by atoms with Gasteiger partial charge in [-0.2, -0.15) is 13.2 Å². The van der Waals surface area contributed by atoms with Crippen molar-refractivity contribution in [1.29, 1.82) is 0 Å². The van der Waals surface area contributed by atoms with Crippen molar-refractivity contribution < 1.29 is 18.0 Å². The predicted octanol–water partition coefficient (Wildman–Crippen LogP) is 3.20. The number of rotatable bonds is 2. The molecule has 0 radical (unpaired) electrons. The summed E-state index contributed by atoms with van der Waals surface area (Å²) in [5.41, 5.74) is 0.185. The minimum absolute atomic E-state index is 0.259.